The number of rotatable bonds is 10. The van der Waals surface area contributed by atoms with E-state index >= 15 is 0 Å². The Bertz CT molecular complexity index is 1130. The van der Waals surface area contributed by atoms with E-state index < -0.39 is 6.04 Å². The number of unbranched alkanes of at least 4 members (excludes halogenated alkanes) is 1. The quantitative estimate of drug-likeness (QED) is 0.250. The Morgan fingerprint density at radius 2 is 1.89 bits per heavy atom. The van der Waals surface area contributed by atoms with Crippen LogP contribution in [-0.2, 0) is 9.53 Å². The molecule has 0 saturated carbocycles. The van der Waals surface area contributed by atoms with Gasteiger partial charge in [0, 0.05) is 24.0 Å². The molecule has 0 fully saturated rings. The molecule has 0 aliphatic carbocycles. The number of anilines is 1. The van der Waals surface area contributed by atoms with Gasteiger partial charge in [-0.25, -0.2) is 4.79 Å². The third-order valence-corrected chi connectivity index (χ3v) is 6.27. The van der Waals surface area contributed by atoms with Crippen molar-refractivity contribution in [1.82, 2.24) is 10.2 Å². The fraction of sp³-hybridized carbons (Fsp3) is 0.393. The van der Waals surface area contributed by atoms with Crippen LogP contribution in [0.3, 0.4) is 0 Å². The second kappa shape index (κ2) is 12.5. The molecule has 0 radical (unpaired) electrons. The second-order valence-electron chi connectivity index (χ2n) is 9.24. The topological polar surface area (TPSA) is 79.9 Å². The molecule has 2 aromatic carbocycles. The fourth-order valence-corrected chi connectivity index (χ4v) is 3.96. The van der Waals surface area contributed by atoms with Crippen molar-refractivity contribution in [3.05, 3.63) is 70.9 Å². The molecule has 2 aromatic rings. The third-order valence-electron chi connectivity index (χ3n) is 5.88. The van der Waals surface area contributed by atoms with Crippen molar-refractivity contribution in [2.45, 2.75) is 46.6 Å². The molecule has 8 heteroatoms. The van der Waals surface area contributed by atoms with Crippen molar-refractivity contribution in [2.24, 2.45) is 5.92 Å². The van der Waals surface area contributed by atoms with E-state index in [-0.39, 0.29) is 17.8 Å². The van der Waals surface area contributed by atoms with Crippen molar-refractivity contribution < 1.29 is 19.1 Å². The van der Waals surface area contributed by atoms with Gasteiger partial charge in [0.2, 0.25) is 0 Å². The lowest BCUT2D eigenvalue weighted by atomic mass is 9.94. The lowest BCUT2D eigenvalue weighted by molar-refractivity contribution is -0.140. The maximum atomic E-state index is 13.0. The zero-order chi connectivity index (χ0) is 26.2. The molecule has 0 unspecified atom stereocenters. The SMILES string of the molecule is CCCCOc1ccc(C(=O)Nc2cccc([C@H]3NC(=S)N(C)C(C)=C3C(=O)OCC(C)C)c2)cc1. The Hall–Kier alpha value is -3.39. The van der Waals surface area contributed by atoms with E-state index in [1.807, 2.05) is 52.1 Å². The lowest BCUT2D eigenvalue weighted by Gasteiger charge is -2.35. The Morgan fingerprint density at radius 1 is 1.17 bits per heavy atom. The number of carbonyl (C=O) groups is 2. The summed E-state index contributed by atoms with van der Waals surface area (Å²) >= 11 is 5.49. The van der Waals surface area contributed by atoms with Gasteiger partial charge in [-0.15, -0.1) is 0 Å². The number of hydrogen-bond donors (Lipinski definition) is 2. The van der Waals surface area contributed by atoms with Crippen LogP contribution < -0.4 is 15.4 Å². The van der Waals surface area contributed by atoms with Gasteiger partial charge in [-0.2, -0.15) is 0 Å². The highest BCUT2D eigenvalue weighted by molar-refractivity contribution is 7.80. The van der Waals surface area contributed by atoms with Crippen molar-refractivity contribution >= 4 is 34.9 Å². The predicted octanol–water partition coefficient (Wildman–Crippen LogP) is 5.45. The Morgan fingerprint density at radius 3 is 2.56 bits per heavy atom. The Kier molecular flexibility index (Phi) is 9.47. The van der Waals surface area contributed by atoms with Gasteiger partial charge in [-0.05, 0) is 73.4 Å². The first-order chi connectivity index (χ1) is 17.2. The molecular formula is C28H35N3O4S. The average Bonchev–Trinajstić information content (AvgIpc) is 2.86. The minimum absolute atomic E-state index is 0.221. The second-order valence-corrected chi connectivity index (χ2v) is 9.63. The summed E-state index contributed by atoms with van der Waals surface area (Å²) in [5.74, 6) is 0.343. The Balaban J connectivity index is 1.79. The number of ether oxygens (including phenoxy) is 2. The number of carbonyl (C=O) groups excluding carboxylic acids is 2. The smallest absolute Gasteiger partial charge is 0.338 e. The van der Waals surface area contributed by atoms with Crippen molar-refractivity contribution in [3.8, 4) is 5.75 Å². The van der Waals surface area contributed by atoms with Gasteiger partial charge >= 0.3 is 5.97 Å². The molecule has 0 bridgehead atoms. The molecule has 0 aromatic heterocycles. The van der Waals surface area contributed by atoms with E-state index in [1.54, 1.807) is 29.2 Å². The molecule has 1 amide bonds. The molecule has 1 aliphatic heterocycles. The highest BCUT2D eigenvalue weighted by Crippen LogP contribution is 2.32. The zero-order valence-electron chi connectivity index (χ0n) is 21.6. The molecule has 192 valence electrons. The summed E-state index contributed by atoms with van der Waals surface area (Å²) in [4.78, 5) is 27.7. The van der Waals surface area contributed by atoms with Gasteiger partial charge in [0.25, 0.3) is 5.91 Å². The highest BCUT2D eigenvalue weighted by Gasteiger charge is 2.33. The normalized spacial score (nSPS) is 15.6. The van der Waals surface area contributed by atoms with Crippen LogP contribution in [0.5, 0.6) is 5.75 Å². The number of thiocarbonyl (C=S) groups is 1. The van der Waals surface area contributed by atoms with Crippen LogP contribution in [0, 0.1) is 5.92 Å². The van der Waals surface area contributed by atoms with Crippen molar-refractivity contribution in [2.75, 3.05) is 25.6 Å². The molecule has 0 spiro atoms. The van der Waals surface area contributed by atoms with Gasteiger partial charge in [0.05, 0.1) is 24.8 Å². The number of hydrogen-bond acceptors (Lipinski definition) is 5. The van der Waals surface area contributed by atoms with E-state index in [4.69, 9.17) is 21.7 Å². The summed E-state index contributed by atoms with van der Waals surface area (Å²) in [6.45, 7) is 8.93. The van der Waals surface area contributed by atoms with Gasteiger partial charge in [0.15, 0.2) is 5.11 Å². The van der Waals surface area contributed by atoms with Gasteiger partial charge < -0.3 is 25.0 Å². The summed E-state index contributed by atoms with van der Waals surface area (Å²) in [5.41, 5.74) is 3.15. The molecule has 1 aliphatic rings. The molecule has 1 atom stereocenters. The predicted molar refractivity (Wildman–Crippen MR) is 146 cm³/mol. The minimum atomic E-state index is -0.496. The van der Waals surface area contributed by atoms with Crippen LogP contribution in [0.2, 0.25) is 0 Å². The first-order valence-corrected chi connectivity index (χ1v) is 12.7. The molecule has 7 nitrogen and oxygen atoms in total. The molecular weight excluding hydrogens is 474 g/mol. The highest BCUT2D eigenvalue weighted by atomic mass is 32.1. The van der Waals surface area contributed by atoms with E-state index in [1.165, 1.54) is 0 Å². The van der Waals surface area contributed by atoms with E-state index in [0.29, 0.717) is 35.2 Å². The first kappa shape index (κ1) is 27.2. The average molecular weight is 510 g/mol. The number of amides is 1. The molecule has 2 N–H and O–H groups in total. The number of allylic oxidation sites excluding steroid dienone is 1. The zero-order valence-corrected chi connectivity index (χ0v) is 22.4. The van der Waals surface area contributed by atoms with Crippen LogP contribution in [0.15, 0.2) is 59.8 Å². The Labute approximate surface area is 218 Å². The third kappa shape index (κ3) is 6.85. The number of nitrogens with one attached hydrogen (secondary N) is 2. The van der Waals surface area contributed by atoms with E-state index in [0.717, 1.165) is 29.9 Å². The van der Waals surface area contributed by atoms with Crippen LogP contribution in [0.25, 0.3) is 0 Å². The molecule has 36 heavy (non-hydrogen) atoms. The summed E-state index contributed by atoms with van der Waals surface area (Å²) in [6.07, 6.45) is 2.05. The monoisotopic (exact) mass is 509 g/mol. The number of benzene rings is 2. The van der Waals surface area contributed by atoms with Crippen molar-refractivity contribution in [1.29, 1.82) is 0 Å². The van der Waals surface area contributed by atoms with Crippen LogP contribution in [0.4, 0.5) is 5.69 Å². The van der Waals surface area contributed by atoms with E-state index in [9.17, 15) is 9.59 Å². The van der Waals surface area contributed by atoms with Gasteiger partial charge in [-0.3, -0.25) is 4.79 Å². The largest absolute Gasteiger partial charge is 0.494 e. The lowest BCUT2D eigenvalue weighted by Crippen LogP contribution is -2.46. The molecule has 3 rings (SSSR count). The van der Waals surface area contributed by atoms with Crippen LogP contribution >= 0.6 is 12.2 Å². The number of esters is 1. The summed E-state index contributed by atoms with van der Waals surface area (Å²) < 4.78 is 11.2. The summed E-state index contributed by atoms with van der Waals surface area (Å²) in [6, 6.07) is 14.0. The molecule has 0 saturated heterocycles. The van der Waals surface area contributed by atoms with Gasteiger partial charge in [0.1, 0.15) is 5.75 Å². The first-order valence-electron chi connectivity index (χ1n) is 12.3. The molecule has 1 heterocycles. The van der Waals surface area contributed by atoms with E-state index in [2.05, 4.69) is 17.6 Å². The minimum Gasteiger partial charge on any atom is -0.494 e. The fourth-order valence-electron chi connectivity index (χ4n) is 3.71. The summed E-state index contributed by atoms with van der Waals surface area (Å²) in [5, 5.41) is 6.69. The van der Waals surface area contributed by atoms with Crippen LogP contribution in [0.1, 0.15) is 62.5 Å². The standard InChI is InChI=1S/C28H35N3O4S/c1-6-7-15-34-23-13-11-20(12-14-23)26(32)29-22-10-8-9-21(16-22)25-24(27(33)35-17-18(2)3)19(4)31(5)28(36)30-25/h8-14,16,18,25H,6-7,15,17H2,1-5H3,(H,29,32)(H,30,36)/t25-/m1/s1. The van der Waals surface area contributed by atoms with Crippen LogP contribution in [-0.4, -0.2) is 42.2 Å². The van der Waals surface area contributed by atoms with Crippen molar-refractivity contribution in [3.63, 3.8) is 0 Å². The maximum absolute atomic E-state index is 13.0. The van der Waals surface area contributed by atoms with Gasteiger partial charge in [-0.1, -0.05) is 39.3 Å². The maximum Gasteiger partial charge on any atom is 0.338 e. The number of nitrogens with zero attached hydrogens (tertiary/aromatic N) is 1. The summed E-state index contributed by atoms with van der Waals surface area (Å²) in [7, 11) is 1.81.